The number of nitrogens with zero attached hydrogens (tertiary/aromatic N) is 1. The van der Waals surface area contributed by atoms with Gasteiger partial charge in [0.2, 0.25) is 5.91 Å². The summed E-state index contributed by atoms with van der Waals surface area (Å²) in [4.78, 5) is 24.9. The summed E-state index contributed by atoms with van der Waals surface area (Å²) in [5.41, 5.74) is 0.665. The second-order valence-electron chi connectivity index (χ2n) is 6.84. The molecule has 0 bridgehead atoms. The smallest absolute Gasteiger partial charge is 0.406 e. The number of alkyl halides is 3. The van der Waals surface area contributed by atoms with Crippen LogP contribution in [-0.4, -0.2) is 35.3 Å². The maximum Gasteiger partial charge on any atom is 0.573 e. The first-order chi connectivity index (χ1) is 13.3. The normalized spacial score (nSPS) is 20.5. The molecule has 2 aromatic rings. The lowest BCUT2D eigenvalue weighted by Crippen LogP contribution is -2.28. The molecule has 1 fully saturated rings. The maximum absolute atomic E-state index is 12.6. The van der Waals surface area contributed by atoms with E-state index in [2.05, 4.69) is 15.2 Å². The predicted octanol–water partition coefficient (Wildman–Crippen LogP) is 2.90. The van der Waals surface area contributed by atoms with Crippen LogP contribution < -0.4 is 15.6 Å². The number of carbonyl (C=O) groups excluding carboxylic acids is 1. The van der Waals surface area contributed by atoms with E-state index in [1.54, 1.807) is 4.68 Å². The molecule has 1 amide bonds. The highest BCUT2D eigenvalue weighted by atomic mass is 19.4. The molecule has 4 rings (SSSR count). The van der Waals surface area contributed by atoms with Gasteiger partial charge in [0.25, 0.3) is 5.56 Å². The highest BCUT2D eigenvalue weighted by Crippen LogP contribution is 2.38. The summed E-state index contributed by atoms with van der Waals surface area (Å²) in [6, 6.07) is 5.25. The number of ether oxygens (including phenoxy) is 2. The van der Waals surface area contributed by atoms with Gasteiger partial charge in [0.1, 0.15) is 11.6 Å². The molecular weight excluding hydrogens is 379 g/mol. The number of aromatic amines is 1. The van der Waals surface area contributed by atoms with E-state index >= 15 is 0 Å². The average Bonchev–Trinajstić information content (AvgIpc) is 2.98. The Balaban J connectivity index is 1.68. The number of benzene rings is 1. The van der Waals surface area contributed by atoms with Gasteiger partial charge >= 0.3 is 6.36 Å². The summed E-state index contributed by atoms with van der Waals surface area (Å²) in [5, 5.41) is 5.57. The van der Waals surface area contributed by atoms with Gasteiger partial charge in [-0.1, -0.05) is 12.1 Å². The van der Waals surface area contributed by atoms with Crippen molar-refractivity contribution >= 4 is 11.7 Å². The third-order valence-electron chi connectivity index (χ3n) is 5.03. The van der Waals surface area contributed by atoms with E-state index in [1.807, 2.05) is 0 Å². The highest BCUT2D eigenvalue weighted by Gasteiger charge is 2.35. The number of halogens is 3. The Morgan fingerprint density at radius 1 is 1.11 bits per heavy atom. The van der Waals surface area contributed by atoms with Gasteiger partial charge in [-0.3, -0.25) is 19.4 Å². The summed E-state index contributed by atoms with van der Waals surface area (Å²) in [6.45, 7) is 1.13. The third-order valence-corrected chi connectivity index (χ3v) is 5.03. The Labute approximate surface area is 157 Å². The van der Waals surface area contributed by atoms with E-state index in [9.17, 15) is 22.8 Å². The largest absolute Gasteiger partial charge is 0.573 e. The summed E-state index contributed by atoms with van der Waals surface area (Å²) in [7, 11) is 0. The third kappa shape index (κ3) is 3.64. The van der Waals surface area contributed by atoms with E-state index in [0.717, 1.165) is 0 Å². The molecule has 1 atom stereocenters. The summed E-state index contributed by atoms with van der Waals surface area (Å²) in [5.74, 6) is -0.736. The summed E-state index contributed by atoms with van der Waals surface area (Å²) >= 11 is 0. The zero-order valence-electron chi connectivity index (χ0n) is 14.7. The second-order valence-corrected chi connectivity index (χ2v) is 6.84. The molecule has 3 heterocycles. The maximum atomic E-state index is 12.6. The molecule has 1 aromatic heterocycles. The van der Waals surface area contributed by atoms with E-state index in [-0.39, 0.29) is 29.7 Å². The molecule has 1 aromatic carbocycles. The van der Waals surface area contributed by atoms with E-state index < -0.39 is 12.3 Å². The van der Waals surface area contributed by atoms with Crippen molar-refractivity contribution in [1.82, 2.24) is 9.78 Å². The van der Waals surface area contributed by atoms with Gasteiger partial charge in [0.15, 0.2) is 0 Å². The van der Waals surface area contributed by atoms with Gasteiger partial charge in [0, 0.05) is 25.6 Å². The minimum atomic E-state index is -4.78. The van der Waals surface area contributed by atoms with Crippen molar-refractivity contribution in [2.45, 2.75) is 37.6 Å². The lowest BCUT2D eigenvalue weighted by Gasteiger charge is -2.28. The molecule has 150 valence electrons. The second kappa shape index (κ2) is 7.01. The number of hydrogen-bond acceptors (Lipinski definition) is 4. The number of H-pyrrole nitrogens is 1. The molecule has 0 aliphatic carbocycles. The number of amides is 1. The average molecular weight is 397 g/mol. The van der Waals surface area contributed by atoms with Crippen LogP contribution in [-0.2, 0) is 9.53 Å². The van der Waals surface area contributed by atoms with Gasteiger partial charge in [0.05, 0.1) is 11.6 Å². The summed E-state index contributed by atoms with van der Waals surface area (Å²) in [6.07, 6.45) is -3.33. The van der Waals surface area contributed by atoms with Crippen LogP contribution >= 0.6 is 0 Å². The first-order valence-corrected chi connectivity index (χ1v) is 8.89. The van der Waals surface area contributed by atoms with E-state index in [0.29, 0.717) is 43.0 Å². The highest BCUT2D eigenvalue weighted by molar-refractivity contribution is 5.94. The monoisotopic (exact) mass is 397 g/mol. The number of hydrogen-bond donors (Lipinski definition) is 2. The number of nitrogens with one attached hydrogen (secondary N) is 2. The summed E-state index contributed by atoms with van der Waals surface area (Å²) < 4.78 is 47.9. The molecule has 2 N–H and O–H groups in total. The van der Waals surface area contributed by atoms with Crippen molar-refractivity contribution < 1.29 is 27.4 Å². The minimum Gasteiger partial charge on any atom is -0.406 e. The van der Waals surface area contributed by atoms with Crippen molar-refractivity contribution in [3.63, 3.8) is 0 Å². The van der Waals surface area contributed by atoms with Gasteiger partial charge in [-0.2, -0.15) is 0 Å². The molecule has 28 heavy (non-hydrogen) atoms. The van der Waals surface area contributed by atoms with Gasteiger partial charge in [-0.05, 0) is 30.5 Å². The lowest BCUT2D eigenvalue weighted by atomic mass is 9.87. The van der Waals surface area contributed by atoms with Crippen LogP contribution in [0.2, 0.25) is 0 Å². The van der Waals surface area contributed by atoms with Crippen molar-refractivity contribution in [1.29, 1.82) is 0 Å². The number of rotatable bonds is 3. The van der Waals surface area contributed by atoms with Crippen molar-refractivity contribution in [2.24, 2.45) is 0 Å². The molecule has 10 heteroatoms. The van der Waals surface area contributed by atoms with Gasteiger partial charge in [-0.25, -0.2) is 0 Å². The van der Waals surface area contributed by atoms with E-state index in [1.165, 1.54) is 24.3 Å². The Kier molecular flexibility index (Phi) is 4.66. The first-order valence-electron chi connectivity index (χ1n) is 8.89. The Morgan fingerprint density at radius 3 is 2.43 bits per heavy atom. The zero-order valence-corrected chi connectivity index (χ0v) is 14.7. The lowest BCUT2D eigenvalue weighted by molar-refractivity contribution is -0.274. The number of anilines is 1. The molecule has 7 nitrogen and oxygen atoms in total. The van der Waals surface area contributed by atoms with Crippen LogP contribution in [0.3, 0.4) is 0 Å². The van der Waals surface area contributed by atoms with Crippen molar-refractivity contribution in [3.05, 3.63) is 45.7 Å². The van der Waals surface area contributed by atoms with Crippen LogP contribution in [0.15, 0.2) is 29.1 Å². The fraction of sp³-hybridized carbons (Fsp3) is 0.444. The van der Waals surface area contributed by atoms with E-state index in [4.69, 9.17) is 4.74 Å². The molecule has 2 aliphatic rings. The van der Waals surface area contributed by atoms with Crippen LogP contribution in [0.25, 0.3) is 0 Å². The molecule has 0 radical (unpaired) electrons. The Hall–Kier alpha value is -2.75. The van der Waals surface area contributed by atoms with Crippen molar-refractivity contribution in [3.8, 4) is 5.75 Å². The van der Waals surface area contributed by atoms with Crippen LogP contribution in [0.5, 0.6) is 5.75 Å². The standard InChI is InChI=1S/C18H18F3N3O4/c19-18(20,21)28-12-3-1-10(2-4-12)13-9-14(25)22-16-15(13)17(26)23-24(16)11-5-7-27-8-6-11/h1-4,11,13H,5-9H2,(H,22,25)(H,23,26)/t13-/m1/s1. The molecule has 0 spiro atoms. The molecule has 2 aliphatic heterocycles. The minimum absolute atomic E-state index is 0.00631. The molecule has 1 saturated heterocycles. The Bertz CT molecular complexity index is 927. The van der Waals surface area contributed by atoms with Crippen LogP contribution in [0, 0.1) is 0 Å². The fourth-order valence-corrected chi connectivity index (χ4v) is 3.79. The number of carbonyl (C=O) groups is 1. The van der Waals surface area contributed by atoms with Crippen molar-refractivity contribution in [2.75, 3.05) is 18.5 Å². The fourth-order valence-electron chi connectivity index (χ4n) is 3.79. The van der Waals surface area contributed by atoms with Gasteiger partial charge in [-0.15, -0.1) is 13.2 Å². The van der Waals surface area contributed by atoms with Crippen LogP contribution in [0.4, 0.5) is 19.0 Å². The topological polar surface area (TPSA) is 85.3 Å². The predicted molar refractivity (Wildman–Crippen MR) is 92.4 cm³/mol. The number of fused-ring (bicyclic) bond motifs is 1. The van der Waals surface area contributed by atoms with Gasteiger partial charge < -0.3 is 14.8 Å². The number of aromatic nitrogens is 2. The molecule has 0 saturated carbocycles. The first kappa shape index (κ1) is 18.6. The molecular formula is C18H18F3N3O4. The van der Waals surface area contributed by atoms with Crippen LogP contribution in [0.1, 0.15) is 42.3 Å². The zero-order chi connectivity index (χ0) is 19.9. The quantitative estimate of drug-likeness (QED) is 0.834. The molecule has 0 unspecified atom stereocenters. The SMILES string of the molecule is O=C1C[C@H](c2ccc(OC(F)(F)F)cc2)c2c(n(C3CCOCC3)[nH]c2=O)N1. The Morgan fingerprint density at radius 2 is 1.79 bits per heavy atom.